The molecule has 26 heavy (non-hydrogen) atoms. The summed E-state index contributed by atoms with van der Waals surface area (Å²) in [6, 6.07) is 5.41. The molecule has 0 saturated carbocycles. The average Bonchev–Trinajstić information content (AvgIpc) is 2.88. The number of ether oxygens (including phenoxy) is 2. The number of allylic oxidation sites excluding steroid dienone is 1. The summed E-state index contributed by atoms with van der Waals surface area (Å²) in [4.78, 5) is 12.7. The second-order valence-corrected chi connectivity index (χ2v) is 7.10. The molecule has 2 aliphatic rings. The Morgan fingerprint density at radius 3 is 2.85 bits per heavy atom. The lowest BCUT2D eigenvalue weighted by Gasteiger charge is -2.42. The molecule has 2 aromatic rings. The van der Waals surface area contributed by atoms with Gasteiger partial charge in [0.1, 0.15) is 11.3 Å². The number of aliphatic hydroxyl groups excluding tert-OH is 2. The van der Waals surface area contributed by atoms with E-state index in [0.29, 0.717) is 27.9 Å². The molecule has 0 aliphatic carbocycles. The summed E-state index contributed by atoms with van der Waals surface area (Å²) in [5.41, 5.74) is 0.720. The molecule has 2 unspecified atom stereocenters. The molecule has 6 heteroatoms. The smallest absolute Gasteiger partial charge is 0.344 e. The van der Waals surface area contributed by atoms with E-state index in [1.165, 1.54) is 0 Å². The number of aliphatic hydroxyl groups is 2. The molecule has 136 valence electrons. The third-order valence-electron chi connectivity index (χ3n) is 5.22. The monoisotopic (exact) mass is 356 g/mol. The van der Waals surface area contributed by atoms with Crippen LogP contribution in [0.4, 0.5) is 0 Å². The molecule has 2 aliphatic heterocycles. The van der Waals surface area contributed by atoms with Crippen LogP contribution in [-0.2, 0) is 10.2 Å². The third-order valence-corrected chi connectivity index (χ3v) is 5.22. The minimum absolute atomic E-state index is 0.221. The summed E-state index contributed by atoms with van der Waals surface area (Å²) in [5, 5.41) is 20.2. The van der Waals surface area contributed by atoms with Crippen LogP contribution in [0.25, 0.3) is 11.0 Å². The molecular formula is C20H20O6. The van der Waals surface area contributed by atoms with Crippen LogP contribution in [0.15, 0.2) is 51.7 Å². The highest BCUT2D eigenvalue weighted by Crippen LogP contribution is 2.50. The molecule has 0 bridgehead atoms. The first-order valence-corrected chi connectivity index (χ1v) is 8.40. The zero-order valence-corrected chi connectivity index (χ0v) is 14.6. The zero-order valence-electron chi connectivity index (χ0n) is 14.6. The fourth-order valence-corrected chi connectivity index (χ4v) is 3.89. The predicted molar refractivity (Wildman–Crippen MR) is 95.0 cm³/mol. The van der Waals surface area contributed by atoms with Gasteiger partial charge in [0.05, 0.1) is 17.6 Å². The van der Waals surface area contributed by atoms with Crippen molar-refractivity contribution in [1.29, 1.82) is 0 Å². The first-order valence-electron chi connectivity index (χ1n) is 8.40. The van der Waals surface area contributed by atoms with Gasteiger partial charge in [0.25, 0.3) is 0 Å². The lowest BCUT2D eigenvalue weighted by atomic mass is 9.74. The standard InChI is InChI=1S/C20H20O6/c1-4-19(3)10-20(8-12(9-21)17(22)26-20)25-16-14-11(2)6-5-7-13(14)24-18(23)15(16)19/h4-8,17,21-22H,1,9-10H2,2-3H3/t17?,19-,20?/m0/s1. The van der Waals surface area contributed by atoms with Crippen molar-refractivity contribution in [1.82, 2.24) is 0 Å². The normalized spacial score (nSPS) is 30.2. The van der Waals surface area contributed by atoms with Crippen molar-refractivity contribution >= 4 is 11.0 Å². The first kappa shape index (κ1) is 17.0. The summed E-state index contributed by atoms with van der Waals surface area (Å²) in [5.74, 6) is -0.929. The lowest BCUT2D eigenvalue weighted by molar-refractivity contribution is -0.221. The molecule has 1 aromatic carbocycles. The summed E-state index contributed by atoms with van der Waals surface area (Å²) in [6.45, 7) is 7.29. The van der Waals surface area contributed by atoms with E-state index in [1.807, 2.05) is 19.9 Å². The van der Waals surface area contributed by atoms with Crippen molar-refractivity contribution in [2.45, 2.75) is 37.8 Å². The maximum absolute atomic E-state index is 12.7. The molecule has 3 atom stereocenters. The number of fused-ring (bicyclic) bond motifs is 3. The number of hydrogen-bond donors (Lipinski definition) is 2. The fourth-order valence-electron chi connectivity index (χ4n) is 3.89. The highest BCUT2D eigenvalue weighted by atomic mass is 16.8. The van der Waals surface area contributed by atoms with Gasteiger partial charge in [0.2, 0.25) is 5.79 Å². The van der Waals surface area contributed by atoms with Crippen LogP contribution in [0.5, 0.6) is 5.75 Å². The van der Waals surface area contributed by atoms with Crippen LogP contribution in [0, 0.1) is 6.92 Å². The second kappa shape index (κ2) is 5.54. The predicted octanol–water partition coefficient (Wildman–Crippen LogP) is 2.29. The minimum Gasteiger partial charge on any atom is -0.457 e. The van der Waals surface area contributed by atoms with Crippen molar-refractivity contribution in [2.75, 3.05) is 6.61 Å². The van der Waals surface area contributed by atoms with Gasteiger partial charge in [-0.15, -0.1) is 6.58 Å². The fraction of sp³-hybridized carbons (Fsp3) is 0.350. The van der Waals surface area contributed by atoms with Gasteiger partial charge < -0.3 is 24.1 Å². The average molecular weight is 356 g/mol. The Kier molecular flexibility index (Phi) is 3.63. The molecule has 0 saturated heterocycles. The van der Waals surface area contributed by atoms with E-state index < -0.39 is 23.1 Å². The molecule has 2 N–H and O–H groups in total. The first-order chi connectivity index (χ1) is 12.3. The summed E-state index contributed by atoms with van der Waals surface area (Å²) in [6.07, 6.45) is 2.21. The maximum atomic E-state index is 12.7. The van der Waals surface area contributed by atoms with Gasteiger partial charge in [-0.3, -0.25) is 0 Å². The van der Waals surface area contributed by atoms with Crippen LogP contribution in [0.1, 0.15) is 24.5 Å². The molecular weight excluding hydrogens is 336 g/mol. The zero-order chi connectivity index (χ0) is 18.7. The molecule has 0 fully saturated rings. The quantitative estimate of drug-likeness (QED) is 0.634. The summed E-state index contributed by atoms with van der Waals surface area (Å²) < 4.78 is 17.4. The van der Waals surface area contributed by atoms with Gasteiger partial charge in [0.15, 0.2) is 6.29 Å². The van der Waals surface area contributed by atoms with Gasteiger partial charge in [-0.2, -0.15) is 0 Å². The number of hydrogen-bond acceptors (Lipinski definition) is 6. The van der Waals surface area contributed by atoms with Crippen LogP contribution < -0.4 is 10.4 Å². The molecule has 0 amide bonds. The SMILES string of the molecule is C=C[C@@]1(C)CC2(C=C(CO)C(O)O2)Oc2c1c(=O)oc1cccc(C)c21. The largest absolute Gasteiger partial charge is 0.457 e. The molecule has 3 heterocycles. The van der Waals surface area contributed by atoms with Crippen LogP contribution in [-0.4, -0.2) is 28.9 Å². The summed E-state index contributed by atoms with van der Waals surface area (Å²) in [7, 11) is 0. The minimum atomic E-state index is -1.30. The van der Waals surface area contributed by atoms with Crippen molar-refractivity contribution in [2.24, 2.45) is 0 Å². The van der Waals surface area contributed by atoms with Gasteiger partial charge in [-0.05, 0) is 24.6 Å². The topological polar surface area (TPSA) is 89.1 Å². The van der Waals surface area contributed by atoms with Gasteiger partial charge in [-0.1, -0.05) is 25.1 Å². The van der Waals surface area contributed by atoms with E-state index in [2.05, 4.69) is 6.58 Å². The van der Waals surface area contributed by atoms with Crippen LogP contribution in [0.2, 0.25) is 0 Å². The molecule has 0 radical (unpaired) electrons. The number of rotatable bonds is 2. The number of benzene rings is 1. The van der Waals surface area contributed by atoms with E-state index in [4.69, 9.17) is 13.9 Å². The second-order valence-electron chi connectivity index (χ2n) is 7.10. The van der Waals surface area contributed by atoms with Gasteiger partial charge >= 0.3 is 5.63 Å². The molecule has 6 nitrogen and oxygen atoms in total. The van der Waals surface area contributed by atoms with Crippen LogP contribution >= 0.6 is 0 Å². The van der Waals surface area contributed by atoms with E-state index in [0.717, 1.165) is 5.56 Å². The molecule has 4 rings (SSSR count). The van der Waals surface area contributed by atoms with Crippen molar-refractivity contribution in [3.05, 3.63) is 64.1 Å². The van der Waals surface area contributed by atoms with Gasteiger partial charge in [-0.25, -0.2) is 4.79 Å². The van der Waals surface area contributed by atoms with E-state index in [9.17, 15) is 15.0 Å². The highest BCUT2D eigenvalue weighted by Gasteiger charge is 2.52. The highest BCUT2D eigenvalue weighted by molar-refractivity contribution is 5.88. The number of aryl methyl sites for hydroxylation is 1. The Balaban J connectivity index is 2.04. The Labute approximate surface area is 150 Å². The van der Waals surface area contributed by atoms with Crippen LogP contribution in [0.3, 0.4) is 0 Å². The molecule has 1 aromatic heterocycles. The van der Waals surface area contributed by atoms with E-state index >= 15 is 0 Å². The lowest BCUT2D eigenvalue weighted by Crippen LogP contribution is -2.48. The van der Waals surface area contributed by atoms with Crippen molar-refractivity contribution in [3.8, 4) is 5.75 Å². The summed E-state index contributed by atoms with van der Waals surface area (Å²) >= 11 is 0. The Morgan fingerprint density at radius 2 is 2.19 bits per heavy atom. The van der Waals surface area contributed by atoms with E-state index in [1.54, 1.807) is 24.3 Å². The molecule has 1 spiro atoms. The van der Waals surface area contributed by atoms with Gasteiger partial charge in [0, 0.05) is 17.4 Å². The Hall–Kier alpha value is -2.41. The van der Waals surface area contributed by atoms with Crippen molar-refractivity contribution in [3.63, 3.8) is 0 Å². The Bertz CT molecular complexity index is 1000. The van der Waals surface area contributed by atoms with Crippen molar-refractivity contribution < 1.29 is 24.1 Å². The Morgan fingerprint density at radius 1 is 1.42 bits per heavy atom. The third kappa shape index (κ3) is 2.26. The van der Waals surface area contributed by atoms with E-state index in [-0.39, 0.29) is 13.0 Å². The maximum Gasteiger partial charge on any atom is 0.344 e.